The Balaban J connectivity index is 2.33. The van der Waals surface area contributed by atoms with Gasteiger partial charge in [0, 0.05) is 25.9 Å². The molecule has 0 aliphatic heterocycles. The Morgan fingerprint density at radius 1 is 1.21 bits per heavy atom. The second kappa shape index (κ2) is 6.96. The van der Waals surface area contributed by atoms with E-state index in [4.69, 9.17) is 0 Å². The van der Waals surface area contributed by atoms with Crippen LogP contribution in [0.5, 0.6) is 0 Å². The first-order valence-electron chi connectivity index (χ1n) is 7.34. The first kappa shape index (κ1) is 17.9. The molecule has 0 aliphatic rings. The minimum Gasteiger partial charge on any atom is -0.348 e. The van der Waals surface area contributed by atoms with Gasteiger partial charge >= 0.3 is 0 Å². The monoisotopic (exact) mass is 348 g/mol. The van der Waals surface area contributed by atoms with Gasteiger partial charge in [-0.05, 0) is 19.4 Å². The molecule has 0 fully saturated rings. The van der Waals surface area contributed by atoms with Gasteiger partial charge in [-0.1, -0.05) is 30.3 Å². The molecule has 0 bridgehead atoms. The predicted octanol–water partition coefficient (Wildman–Crippen LogP) is 1.67. The SMILES string of the molecule is Cc1cnc(NS(=O)(=O)[C@H](C)C(=O)N(C)C)nc1-c1ccccc1. The molecule has 1 atom stereocenters. The topological polar surface area (TPSA) is 92.3 Å². The van der Waals surface area contributed by atoms with Crippen molar-refractivity contribution in [3.63, 3.8) is 0 Å². The highest BCUT2D eigenvalue weighted by atomic mass is 32.2. The van der Waals surface area contributed by atoms with Crippen molar-refractivity contribution < 1.29 is 13.2 Å². The minimum absolute atomic E-state index is 0.0575. The van der Waals surface area contributed by atoms with Crippen LogP contribution in [0.25, 0.3) is 11.3 Å². The molecule has 0 unspecified atom stereocenters. The summed E-state index contributed by atoms with van der Waals surface area (Å²) in [6.45, 7) is 3.18. The van der Waals surface area contributed by atoms with Crippen LogP contribution in [0, 0.1) is 6.92 Å². The average molecular weight is 348 g/mol. The zero-order chi connectivity index (χ0) is 17.9. The molecule has 7 nitrogen and oxygen atoms in total. The molecule has 0 aliphatic carbocycles. The third-order valence-electron chi connectivity index (χ3n) is 3.51. The number of hydrogen-bond donors (Lipinski definition) is 1. The lowest BCUT2D eigenvalue weighted by molar-refractivity contribution is -0.127. The molecule has 0 saturated carbocycles. The molecule has 24 heavy (non-hydrogen) atoms. The fraction of sp³-hybridized carbons (Fsp3) is 0.312. The summed E-state index contributed by atoms with van der Waals surface area (Å²) in [7, 11) is -0.927. The second-order valence-electron chi connectivity index (χ2n) is 5.61. The van der Waals surface area contributed by atoms with Gasteiger partial charge in [-0.2, -0.15) is 0 Å². The van der Waals surface area contributed by atoms with Crippen molar-refractivity contribution in [1.29, 1.82) is 0 Å². The van der Waals surface area contributed by atoms with E-state index in [0.717, 1.165) is 11.1 Å². The van der Waals surface area contributed by atoms with E-state index in [1.807, 2.05) is 37.3 Å². The van der Waals surface area contributed by atoms with Crippen LogP contribution in [0.15, 0.2) is 36.5 Å². The molecule has 2 rings (SSSR count). The Hall–Kier alpha value is -2.48. The first-order chi connectivity index (χ1) is 11.2. The van der Waals surface area contributed by atoms with Gasteiger partial charge in [0.1, 0.15) is 0 Å². The highest BCUT2D eigenvalue weighted by Gasteiger charge is 2.30. The highest BCUT2D eigenvalue weighted by Crippen LogP contribution is 2.22. The molecule has 1 aromatic heterocycles. The molecule has 2 aromatic rings. The number of benzene rings is 1. The third kappa shape index (κ3) is 3.88. The van der Waals surface area contributed by atoms with Gasteiger partial charge in [0.25, 0.3) is 0 Å². The smallest absolute Gasteiger partial charge is 0.246 e. The molecule has 0 saturated heterocycles. The molecule has 1 amide bonds. The van der Waals surface area contributed by atoms with E-state index < -0.39 is 21.2 Å². The molecular formula is C16H20N4O3S. The van der Waals surface area contributed by atoms with Gasteiger partial charge in [0.2, 0.25) is 21.9 Å². The molecule has 0 radical (unpaired) electrons. The fourth-order valence-corrected chi connectivity index (χ4v) is 3.10. The van der Waals surface area contributed by atoms with Crippen molar-refractivity contribution in [3.05, 3.63) is 42.1 Å². The quantitative estimate of drug-likeness (QED) is 0.887. The van der Waals surface area contributed by atoms with E-state index in [9.17, 15) is 13.2 Å². The number of nitrogens with one attached hydrogen (secondary N) is 1. The maximum absolute atomic E-state index is 12.3. The Kier molecular flexibility index (Phi) is 5.18. The Morgan fingerprint density at radius 3 is 2.42 bits per heavy atom. The summed E-state index contributed by atoms with van der Waals surface area (Å²) >= 11 is 0. The maximum atomic E-state index is 12.3. The van der Waals surface area contributed by atoms with E-state index in [-0.39, 0.29) is 5.95 Å². The molecule has 0 spiro atoms. The molecule has 8 heteroatoms. The van der Waals surface area contributed by atoms with Gasteiger partial charge in [-0.15, -0.1) is 0 Å². The summed E-state index contributed by atoms with van der Waals surface area (Å²) in [6, 6.07) is 9.40. The number of amides is 1. The molecule has 1 heterocycles. The Bertz CT molecular complexity index is 836. The van der Waals surface area contributed by atoms with E-state index in [2.05, 4.69) is 14.7 Å². The summed E-state index contributed by atoms with van der Waals surface area (Å²) in [6.07, 6.45) is 1.55. The van der Waals surface area contributed by atoms with E-state index in [1.165, 1.54) is 25.9 Å². The minimum atomic E-state index is -3.94. The van der Waals surface area contributed by atoms with Gasteiger partial charge < -0.3 is 4.90 Å². The molecule has 1 N–H and O–H groups in total. The normalized spacial score (nSPS) is 12.5. The van der Waals surface area contributed by atoms with Crippen molar-refractivity contribution in [2.45, 2.75) is 19.1 Å². The van der Waals surface area contributed by atoms with Gasteiger partial charge in [0.05, 0.1) is 5.69 Å². The number of carbonyl (C=O) groups is 1. The van der Waals surface area contributed by atoms with Crippen LogP contribution in [0.2, 0.25) is 0 Å². The van der Waals surface area contributed by atoms with Gasteiger partial charge in [0.15, 0.2) is 5.25 Å². The summed E-state index contributed by atoms with van der Waals surface area (Å²) in [5.41, 5.74) is 2.31. The van der Waals surface area contributed by atoms with Gasteiger partial charge in [-0.3, -0.25) is 9.52 Å². The number of hydrogen-bond acceptors (Lipinski definition) is 5. The standard InChI is InChI=1S/C16H20N4O3S/c1-11-10-17-16(18-14(11)13-8-6-5-7-9-13)19-24(22,23)12(2)15(21)20(3)4/h5-10,12H,1-4H3,(H,17,18,19)/t12-/m1/s1. The molecule has 128 valence electrons. The van der Waals surface area contributed by atoms with E-state index in [1.54, 1.807) is 6.20 Å². The Morgan fingerprint density at radius 2 is 1.83 bits per heavy atom. The first-order valence-corrected chi connectivity index (χ1v) is 8.89. The lowest BCUT2D eigenvalue weighted by Gasteiger charge is -2.17. The number of aromatic nitrogens is 2. The maximum Gasteiger partial charge on any atom is 0.246 e. The van der Waals surface area contributed by atoms with Crippen LogP contribution >= 0.6 is 0 Å². The summed E-state index contributed by atoms with van der Waals surface area (Å²) in [4.78, 5) is 21.4. The Labute approximate surface area is 141 Å². The largest absolute Gasteiger partial charge is 0.348 e. The average Bonchev–Trinajstić information content (AvgIpc) is 2.55. The second-order valence-corrected chi connectivity index (χ2v) is 7.61. The zero-order valence-electron chi connectivity index (χ0n) is 14.0. The van der Waals surface area contributed by atoms with Crippen molar-refractivity contribution in [2.24, 2.45) is 0 Å². The zero-order valence-corrected chi connectivity index (χ0v) is 14.8. The summed E-state index contributed by atoms with van der Waals surface area (Å²) in [5.74, 6) is -0.573. The van der Waals surface area contributed by atoms with E-state index >= 15 is 0 Å². The predicted molar refractivity (Wildman–Crippen MR) is 92.9 cm³/mol. The number of rotatable bonds is 5. The van der Waals surface area contributed by atoms with E-state index in [0.29, 0.717) is 5.69 Å². The van der Waals surface area contributed by atoms with Gasteiger partial charge in [-0.25, -0.2) is 18.4 Å². The number of anilines is 1. The van der Waals surface area contributed by atoms with Crippen molar-refractivity contribution in [1.82, 2.24) is 14.9 Å². The molecular weight excluding hydrogens is 328 g/mol. The third-order valence-corrected chi connectivity index (χ3v) is 5.11. The lowest BCUT2D eigenvalue weighted by Crippen LogP contribution is -2.40. The number of aryl methyl sites for hydroxylation is 1. The molecule has 1 aromatic carbocycles. The van der Waals surface area contributed by atoms with Crippen LogP contribution in [0.1, 0.15) is 12.5 Å². The summed E-state index contributed by atoms with van der Waals surface area (Å²) in [5, 5.41) is -1.24. The summed E-state index contributed by atoms with van der Waals surface area (Å²) < 4.78 is 27.0. The number of carbonyl (C=O) groups excluding carboxylic acids is 1. The van der Waals surface area contributed by atoms with Crippen LogP contribution in [0.3, 0.4) is 0 Å². The lowest BCUT2D eigenvalue weighted by atomic mass is 10.1. The van der Waals surface area contributed by atoms with Crippen molar-refractivity contribution >= 4 is 21.9 Å². The highest BCUT2D eigenvalue weighted by molar-refractivity contribution is 7.94. The number of nitrogens with zero attached hydrogens (tertiary/aromatic N) is 3. The van der Waals surface area contributed by atoms with Crippen LogP contribution in [-0.2, 0) is 14.8 Å². The van der Waals surface area contributed by atoms with Crippen LogP contribution in [-0.4, -0.2) is 48.5 Å². The van der Waals surface area contributed by atoms with Crippen molar-refractivity contribution in [2.75, 3.05) is 18.8 Å². The van der Waals surface area contributed by atoms with Crippen LogP contribution in [0.4, 0.5) is 5.95 Å². The fourth-order valence-electron chi connectivity index (χ4n) is 2.09. The number of sulfonamides is 1. The van der Waals surface area contributed by atoms with Crippen LogP contribution < -0.4 is 4.72 Å². The van der Waals surface area contributed by atoms with Crippen molar-refractivity contribution in [3.8, 4) is 11.3 Å².